The van der Waals surface area contributed by atoms with Gasteiger partial charge in [-0.15, -0.1) is 0 Å². The molecule has 4 heteroatoms. The number of phenols is 1. The molecule has 0 aromatic heterocycles. The molecule has 4 rings (SSSR count). The van der Waals surface area contributed by atoms with Crippen molar-refractivity contribution in [3.05, 3.63) is 95.6 Å². The summed E-state index contributed by atoms with van der Waals surface area (Å²) in [6.07, 6.45) is 2.27. The number of piperazine rings is 1. The van der Waals surface area contributed by atoms with E-state index in [1.807, 2.05) is 19.1 Å². The minimum absolute atomic E-state index is 0.325. The van der Waals surface area contributed by atoms with Crippen LogP contribution in [0.4, 0.5) is 5.69 Å². The minimum Gasteiger partial charge on any atom is -0.506 e. The van der Waals surface area contributed by atoms with E-state index in [1.165, 1.54) is 17.5 Å². The lowest BCUT2D eigenvalue weighted by Crippen LogP contribution is -2.48. The fraction of sp³-hybridized carbons (Fsp3) is 0.357. The first-order chi connectivity index (χ1) is 15.7. The van der Waals surface area contributed by atoms with Gasteiger partial charge in [-0.25, -0.2) is 0 Å². The van der Waals surface area contributed by atoms with Crippen molar-refractivity contribution in [2.45, 2.75) is 25.8 Å². The van der Waals surface area contributed by atoms with Crippen molar-refractivity contribution in [3.63, 3.8) is 0 Å². The second-order valence-corrected chi connectivity index (χ2v) is 8.76. The van der Waals surface area contributed by atoms with Gasteiger partial charge in [-0.3, -0.25) is 4.90 Å². The zero-order valence-electron chi connectivity index (χ0n) is 19.1. The van der Waals surface area contributed by atoms with Crippen LogP contribution in [0.15, 0.2) is 78.9 Å². The summed E-state index contributed by atoms with van der Waals surface area (Å²) in [7, 11) is 0. The molecule has 1 fully saturated rings. The van der Waals surface area contributed by atoms with Crippen molar-refractivity contribution in [1.29, 1.82) is 0 Å². The van der Waals surface area contributed by atoms with Crippen molar-refractivity contribution in [2.75, 3.05) is 44.6 Å². The molecule has 1 heterocycles. The first-order valence-corrected chi connectivity index (χ1v) is 11.8. The Bertz CT molecular complexity index is 913. The molecule has 0 bridgehead atoms. The first-order valence-electron chi connectivity index (χ1n) is 11.8. The fourth-order valence-electron chi connectivity index (χ4n) is 4.60. The molecule has 0 amide bonds. The van der Waals surface area contributed by atoms with E-state index in [1.54, 1.807) is 6.07 Å². The Hall–Kier alpha value is -2.82. The summed E-state index contributed by atoms with van der Waals surface area (Å²) in [6.45, 7) is 8.47. The molecule has 2 N–H and O–H groups in total. The number of hydrogen-bond acceptors (Lipinski definition) is 4. The molecule has 168 valence electrons. The van der Waals surface area contributed by atoms with Gasteiger partial charge in [-0.05, 0) is 55.1 Å². The van der Waals surface area contributed by atoms with Gasteiger partial charge >= 0.3 is 0 Å². The van der Waals surface area contributed by atoms with Gasteiger partial charge in [-0.1, -0.05) is 66.7 Å². The summed E-state index contributed by atoms with van der Waals surface area (Å²) < 4.78 is 0. The average molecular weight is 430 g/mol. The molecule has 3 aromatic carbocycles. The number of rotatable bonds is 9. The van der Waals surface area contributed by atoms with Crippen LogP contribution in [0.1, 0.15) is 35.6 Å². The van der Waals surface area contributed by atoms with Crippen LogP contribution in [0.3, 0.4) is 0 Å². The lowest BCUT2D eigenvalue weighted by Gasteiger charge is -2.39. The van der Waals surface area contributed by atoms with E-state index in [0.29, 0.717) is 11.8 Å². The summed E-state index contributed by atoms with van der Waals surface area (Å²) in [4.78, 5) is 5.22. The number of phenolic OH excluding ortho intramolecular Hbond substituents is 1. The average Bonchev–Trinajstić information content (AvgIpc) is 2.83. The third-order valence-electron chi connectivity index (χ3n) is 6.37. The fourth-order valence-corrected chi connectivity index (χ4v) is 4.60. The Kier molecular flexibility index (Phi) is 7.81. The molecule has 1 saturated heterocycles. The second-order valence-electron chi connectivity index (χ2n) is 8.76. The van der Waals surface area contributed by atoms with Gasteiger partial charge in [0.15, 0.2) is 0 Å². The Morgan fingerprint density at radius 3 is 2.06 bits per heavy atom. The van der Waals surface area contributed by atoms with Crippen molar-refractivity contribution < 1.29 is 5.11 Å². The van der Waals surface area contributed by atoms with Gasteiger partial charge < -0.3 is 15.3 Å². The largest absolute Gasteiger partial charge is 0.506 e. The maximum atomic E-state index is 9.95. The Morgan fingerprint density at radius 2 is 1.44 bits per heavy atom. The third kappa shape index (κ3) is 5.90. The van der Waals surface area contributed by atoms with Crippen molar-refractivity contribution in [3.8, 4) is 5.75 Å². The van der Waals surface area contributed by atoms with Crippen LogP contribution in [0.2, 0.25) is 0 Å². The van der Waals surface area contributed by atoms with E-state index in [2.05, 4.69) is 75.8 Å². The molecule has 1 aliphatic rings. The van der Waals surface area contributed by atoms with Crippen molar-refractivity contribution in [2.24, 2.45) is 0 Å². The Balaban J connectivity index is 1.24. The van der Waals surface area contributed by atoms with E-state index < -0.39 is 0 Å². The molecular weight excluding hydrogens is 394 g/mol. The van der Waals surface area contributed by atoms with E-state index in [9.17, 15) is 5.11 Å². The SMILES string of the molecule is Cc1ccc(O)c(NCCCCN2CCN(C(c3ccccc3)c3ccccc3)CC2)c1. The van der Waals surface area contributed by atoms with Gasteiger partial charge in [0.25, 0.3) is 0 Å². The number of aromatic hydroxyl groups is 1. The highest BCUT2D eigenvalue weighted by molar-refractivity contribution is 5.57. The quantitative estimate of drug-likeness (QED) is 0.358. The number of benzene rings is 3. The van der Waals surface area contributed by atoms with Crippen LogP contribution in [-0.4, -0.2) is 54.2 Å². The number of anilines is 1. The molecule has 0 unspecified atom stereocenters. The number of unbranched alkanes of at least 4 members (excludes halogenated alkanes) is 1. The van der Waals surface area contributed by atoms with E-state index in [0.717, 1.165) is 56.9 Å². The smallest absolute Gasteiger partial charge is 0.138 e. The van der Waals surface area contributed by atoms with Gasteiger partial charge in [0.05, 0.1) is 11.7 Å². The third-order valence-corrected chi connectivity index (χ3v) is 6.37. The predicted molar refractivity (Wildman–Crippen MR) is 133 cm³/mol. The Morgan fingerprint density at radius 1 is 0.812 bits per heavy atom. The normalized spacial score (nSPS) is 15.2. The number of aryl methyl sites for hydroxylation is 1. The number of nitrogens with zero attached hydrogens (tertiary/aromatic N) is 2. The summed E-state index contributed by atoms with van der Waals surface area (Å²) in [5.74, 6) is 0.332. The van der Waals surface area contributed by atoms with Crippen LogP contribution < -0.4 is 5.32 Å². The number of hydrogen-bond donors (Lipinski definition) is 2. The topological polar surface area (TPSA) is 38.7 Å². The standard InChI is InChI=1S/C28H35N3O/c1-23-14-15-27(32)26(22-23)29-16-8-9-17-30-18-20-31(21-19-30)28(24-10-4-2-5-11-24)25-12-6-3-7-13-25/h2-7,10-15,22,28-29,32H,8-9,16-21H2,1H3. The summed E-state index contributed by atoms with van der Waals surface area (Å²) >= 11 is 0. The molecule has 3 aromatic rings. The van der Waals surface area contributed by atoms with Crippen LogP contribution in [0.25, 0.3) is 0 Å². The van der Waals surface area contributed by atoms with Crippen molar-refractivity contribution in [1.82, 2.24) is 9.80 Å². The summed E-state index contributed by atoms with van der Waals surface area (Å²) in [5.41, 5.74) is 4.74. The van der Waals surface area contributed by atoms with Crippen molar-refractivity contribution >= 4 is 5.69 Å². The van der Waals surface area contributed by atoms with Gasteiger partial charge in [-0.2, -0.15) is 0 Å². The highest BCUT2D eigenvalue weighted by Crippen LogP contribution is 2.29. The monoisotopic (exact) mass is 429 g/mol. The summed E-state index contributed by atoms with van der Waals surface area (Å²) in [5, 5.41) is 13.3. The van der Waals surface area contributed by atoms with E-state index in [4.69, 9.17) is 0 Å². The maximum Gasteiger partial charge on any atom is 0.138 e. The molecule has 4 nitrogen and oxygen atoms in total. The van der Waals surface area contributed by atoms with Crippen LogP contribution in [0, 0.1) is 6.92 Å². The van der Waals surface area contributed by atoms with Crippen LogP contribution in [-0.2, 0) is 0 Å². The lowest BCUT2D eigenvalue weighted by atomic mass is 9.96. The Labute approximate surface area is 192 Å². The summed E-state index contributed by atoms with van der Waals surface area (Å²) in [6, 6.07) is 27.8. The second kappa shape index (κ2) is 11.2. The molecule has 0 aliphatic carbocycles. The van der Waals surface area contributed by atoms with Gasteiger partial charge in [0.1, 0.15) is 5.75 Å². The van der Waals surface area contributed by atoms with Crippen LogP contribution in [0.5, 0.6) is 5.75 Å². The predicted octanol–water partition coefficient (Wildman–Crippen LogP) is 5.30. The zero-order valence-corrected chi connectivity index (χ0v) is 19.1. The minimum atomic E-state index is 0.325. The van der Waals surface area contributed by atoms with Gasteiger partial charge in [0.2, 0.25) is 0 Å². The molecule has 0 atom stereocenters. The first kappa shape index (κ1) is 22.4. The van der Waals surface area contributed by atoms with E-state index in [-0.39, 0.29) is 0 Å². The van der Waals surface area contributed by atoms with Gasteiger partial charge in [0, 0.05) is 32.7 Å². The highest BCUT2D eigenvalue weighted by Gasteiger charge is 2.26. The molecular formula is C28H35N3O. The van der Waals surface area contributed by atoms with E-state index >= 15 is 0 Å². The molecule has 0 saturated carbocycles. The zero-order chi connectivity index (χ0) is 22.2. The highest BCUT2D eigenvalue weighted by atomic mass is 16.3. The van der Waals surface area contributed by atoms with Crippen LogP contribution >= 0.6 is 0 Å². The molecule has 0 radical (unpaired) electrons. The maximum absolute atomic E-state index is 9.95. The molecule has 32 heavy (non-hydrogen) atoms. The lowest BCUT2D eigenvalue weighted by molar-refractivity contribution is 0.108. The molecule has 1 aliphatic heterocycles. The molecule has 0 spiro atoms. The number of nitrogens with one attached hydrogen (secondary N) is 1.